The number of carbonyl (C=O) groups is 3. The molecule has 1 aliphatic heterocycles. The number of halogens is 1. The number of ether oxygens (including phenoxy) is 4. The number of rotatable bonds is 5. The van der Waals surface area contributed by atoms with Gasteiger partial charge in [-0.15, -0.1) is 0 Å². The van der Waals surface area contributed by atoms with Gasteiger partial charge < -0.3 is 24.3 Å². The Balaban J connectivity index is 1.97. The minimum atomic E-state index is -1.52. The second-order valence-electron chi connectivity index (χ2n) is 6.80. The van der Waals surface area contributed by atoms with Crippen molar-refractivity contribution < 1.29 is 33.3 Å². The molecule has 2 aromatic carbocycles. The number of hydrogen-bond acceptors (Lipinski definition) is 7. The van der Waals surface area contributed by atoms with E-state index in [1.54, 1.807) is 18.2 Å². The van der Waals surface area contributed by atoms with Crippen molar-refractivity contribution in [2.75, 3.05) is 26.6 Å². The number of cyclic esters (lactones) is 1. The lowest BCUT2D eigenvalue weighted by atomic mass is 9.89. The summed E-state index contributed by atoms with van der Waals surface area (Å²) in [5.74, 6) is -1.36. The molecule has 158 valence electrons. The van der Waals surface area contributed by atoms with Crippen LogP contribution >= 0.6 is 11.6 Å². The van der Waals surface area contributed by atoms with Gasteiger partial charge in [-0.2, -0.15) is 0 Å². The average molecular weight is 434 g/mol. The van der Waals surface area contributed by atoms with Crippen LogP contribution in [0.5, 0.6) is 11.5 Å². The number of hydrogen-bond donors (Lipinski definition) is 1. The van der Waals surface area contributed by atoms with Crippen molar-refractivity contribution in [3.63, 3.8) is 0 Å². The molecule has 0 bridgehead atoms. The molecule has 8 nitrogen and oxygen atoms in total. The molecule has 0 radical (unpaired) electrons. The van der Waals surface area contributed by atoms with Crippen molar-refractivity contribution in [3.8, 4) is 11.5 Å². The van der Waals surface area contributed by atoms with E-state index in [0.29, 0.717) is 21.9 Å². The molecule has 0 unspecified atom stereocenters. The number of benzene rings is 2. The Labute approximate surface area is 178 Å². The Kier molecular flexibility index (Phi) is 5.89. The first-order valence-electron chi connectivity index (χ1n) is 8.90. The van der Waals surface area contributed by atoms with E-state index in [0.717, 1.165) is 0 Å². The SMILES string of the molecule is COC(=O)c1cc(OC)c(OC)cc1NC(=O)[C@]1(C)Cc2cc(Cl)ccc2C(=O)O1. The highest BCUT2D eigenvalue weighted by Crippen LogP contribution is 2.36. The van der Waals surface area contributed by atoms with Crippen molar-refractivity contribution in [3.05, 3.63) is 52.0 Å². The van der Waals surface area contributed by atoms with Gasteiger partial charge in [0.25, 0.3) is 5.91 Å². The Bertz CT molecular complexity index is 1040. The summed E-state index contributed by atoms with van der Waals surface area (Å²) in [5.41, 5.74) is -0.394. The summed E-state index contributed by atoms with van der Waals surface area (Å²) in [6.45, 7) is 1.49. The standard InChI is InChI=1S/C21H20ClNO7/c1-21(10-11-7-12(22)5-6-13(11)19(25)30-21)20(26)23-15-9-17(28-3)16(27-2)8-14(15)18(24)29-4/h5-9H,10H2,1-4H3,(H,23,26)/t21-/m0/s1. The van der Waals surface area contributed by atoms with Crippen LogP contribution in [-0.2, 0) is 20.7 Å². The van der Waals surface area contributed by atoms with Gasteiger partial charge in [0.2, 0.25) is 0 Å². The van der Waals surface area contributed by atoms with E-state index in [2.05, 4.69) is 5.32 Å². The molecule has 0 spiro atoms. The van der Waals surface area contributed by atoms with Gasteiger partial charge >= 0.3 is 11.9 Å². The fraction of sp³-hybridized carbons (Fsp3) is 0.286. The summed E-state index contributed by atoms with van der Waals surface area (Å²) >= 11 is 6.03. The first kappa shape index (κ1) is 21.4. The molecule has 1 heterocycles. The molecular formula is C21H20ClNO7. The molecule has 0 saturated heterocycles. The van der Waals surface area contributed by atoms with E-state index in [9.17, 15) is 14.4 Å². The molecule has 1 aliphatic rings. The lowest BCUT2D eigenvalue weighted by Gasteiger charge is -2.33. The monoisotopic (exact) mass is 433 g/mol. The second kappa shape index (κ2) is 8.23. The number of amides is 1. The van der Waals surface area contributed by atoms with E-state index in [1.165, 1.54) is 40.4 Å². The number of esters is 2. The van der Waals surface area contributed by atoms with Gasteiger partial charge in [0.15, 0.2) is 17.1 Å². The number of methoxy groups -OCH3 is 3. The van der Waals surface area contributed by atoms with Crippen LogP contribution in [0.4, 0.5) is 5.69 Å². The summed E-state index contributed by atoms with van der Waals surface area (Å²) in [4.78, 5) is 37.7. The Morgan fingerprint density at radius 1 is 1.10 bits per heavy atom. The molecule has 0 fully saturated rings. The van der Waals surface area contributed by atoms with E-state index in [1.807, 2.05) is 0 Å². The zero-order valence-corrected chi connectivity index (χ0v) is 17.6. The number of nitrogens with one attached hydrogen (secondary N) is 1. The number of fused-ring (bicyclic) bond motifs is 1. The summed E-state index contributed by atoms with van der Waals surface area (Å²) < 4.78 is 20.7. The molecule has 2 aromatic rings. The molecule has 0 aromatic heterocycles. The first-order valence-corrected chi connectivity index (χ1v) is 9.27. The van der Waals surface area contributed by atoms with Crippen LogP contribution in [0.2, 0.25) is 5.02 Å². The molecule has 1 N–H and O–H groups in total. The molecule has 0 saturated carbocycles. The highest BCUT2D eigenvalue weighted by molar-refractivity contribution is 6.30. The summed E-state index contributed by atoms with van der Waals surface area (Å²) in [7, 11) is 4.06. The molecule has 0 aliphatic carbocycles. The normalized spacial score (nSPS) is 17.4. The summed E-state index contributed by atoms with van der Waals surface area (Å²) in [6, 6.07) is 7.59. The Morgan fingerprint density at radius 2 is 1.77 bits per heavy atom. The van der Waals surface area contributed by atoms with E-state index < -0.39 is 23.4 Å². The largest absolute Gasteiger partial charge is 0.493 e. The Morgan fingerprint density at radius 3 is 2.40 bits per heavy atom. The van der Waals surface area contributed by atoms with Gasteiger partial charge in [-0.25, -0.2) is 9.59 Å². The molecule has 1 amide bonds. The van der Waals surface area contributed by atoms with Crippen molar-refractivity contribution in [2.45, 2.75) is 18.9 Å². The van der Waals surface area contributed by atoms with Crippen molar-refractivity contribution >= 4 is 35.1 Å². The summed E-state index contributed by atoms with van der Waals surface area (Å²) in [6.07, 6.45) is 0.112. The van der Waals surface area contributed by atoms with E-state index >= 15 is 0 Å². The maximum absolute atomic E-state index is 13.1. The molecule has 1 atom stereocenters. The highest BCUT2D eigenvalue weighted by Gasteiger charge is 2.43. The predicted molar refractivity (Wildman–Crippen MR) is 108 cm³/mol. The quantitative estimate of drug-likeness (QED) is 0.722. The van der Waals surface area contributed by atoms with E-state index in [4.69, 9.17) is 30.5 Å². The highest BCUT2D eigenvalue weighted by atomic mass is 35.5. The lowest BCUT2D eigenvalue weighted by molar-refractivity contribution is -0.134. The maximum Gasteiger partial charge on any atom is 0.340 e. The average Bonchev–Trinajstić information content (AvgIpc) is 2.72. The zero-order valence-electron chi connectivity index (χ0n) is 16.8. The van der Waals surface area contributed by atoms with E-state index in [-0.39, 0.29) is 23.4 Å². The minimum absolute atomic E-state index is 0.0534. The van der Waals surface area contributed by atoms with Gasteiger partial charge in [-0.05, 0) is 30.7 Å². The zero-order chi connectivity index (χ0) is 22.1. The third-order valence-corrected chi connectivity index (χ3v) is 5.03. The van der Waals surface area contributed by atoms with Gasteiger partial charge in [0, 0.05) is 23.6 Å². The van der Waals surface area contributed by atoms with Crippen LogP contribution < -0.4 is 14.8 Å². The van der Waals surface area contributed by atoms with Crippen LogP contribution in [0.1, 0.15) is 33.2 Å². The van der Waals surface area contributed by atoms with Crippen molar-refractivity contribution in [2.24, 2.45) is 0 Å². The van der Waals surface area contributed by atoms with Crippen LogP contribution in [-0.4, -0.2) is 44.8 Å². The van der Waals surface area contributed by atoms with Gasteiger partial charge in [0.1, 0.15) is 0 Å². The molecule has 3 rings (SSSR count). The van der Waals surface area contributed by atoms with Gasteiger partial charge in [0.05, 0.1) is 38.1 Å². The molecule has 30 heavy (non-hydrogen) atoms. The molecular weight excluding hydrogens is 414 g/mol. The van der Waals surface area contributed by atoms with Crippen molar-refractivity contribution in [1.29, 1.82) is 0 Å². The van der Waals surface area contributed by atoms with Gasteiger partial charge in [-0.1, -0.05) is 11.6 Å². The second-order valence-corrected chi connectivity index (χ2v) is 7.23. The minimum Gasteiger partial charge on any atom is -0.493 e. The fourth-order valence-corrected chi connectivity index (χ4v) is 3.40. The number of carbonyl (C=O) groups excluding carboxylic acids is 3. The van der Waals surface area contributed by atoms with Crippen LogP contribution in [0.15, 0.2) is 30.3 Å². The Hall–Kier alpha value is -3.26. The van der Waals surface area contributed by atoms with Crippen molar-refractivity contribution in [1.82, 2.24) is 0 Å². The fourth-order valence-electron chi connectivity index (χ4n) is 3.21. The van der Waals surface area contributed by atoms with Crippen LogP contribution in [0.3, 0.4) is 0 Å². The summed E-state index contributed by atoms with van der Waals surface area (Å²) in [5, 5.41) is 3.09. The first-order chi connectivity index (χ1) is 14.2. The maximum atomic E-state index is 13.1. The third kappa shape index (κ3) is 3.91. The van der Waals surface area contributed by atoms with Gasteiger partial charge in [-0.3, -0.25) is 4.79 Å². The smallest absolute Gasteiger partial charge is 0.340 e. The van der Waals surface area contributed by atoms with Crippen LogP contribution in [0, 0.1) is 0 Å². The molecule has 9 heteroatoms. The van der Waals surface area contributed by atoms with Crippen LogP contribution in [0.25, 0.3) is 0 Å². The lowest BCUT2D eigenvalue weighted by Crippen LogP contribution is -2.49. The predicted octanol–water partition coefficient (Wildman–Crippen LogP) is 3.25. The number of anilines is 1. The third-order valence-electron chi connectivity index (χ3n) is 4.79. The topological polar surface area (TPSA) is 100 Å².